The van der Waals surface area contributed by atoms with Crippen LogP contribution < -0.4 is 5.32 Å². The van der Waals surface area contributed by atoms with Crippen molar-refractivity contribution in [2.24, 2.45) is 0 Å². The summed E-state index contributed by atoms with van der Waals surface area (Å²) in [6.07, 6.45) is 0.415. The van der Waals surface area contributed by atoms with Crippen LogP contribution in [0, 0.1) is 17.4 Å². The number of para-hydroxylation sites is 1. The lowest BCUT2D eigenvalue weighted by Gasteiger charge is -2.09. The number of hydrogen-bond acceptors (Lipinski definition) is 1. The van der Waals surface area contributed by atoms with Crippen LogP contribution >= 0.6 is 22.6 Å². The molecular weight excluding hydrogens is 349 g/mol. The second-order valence-corrected chi connectivity index (χ2v) is 5.80. The van der Waals surface area contributed by atoms with Crippen LogP contribution in [0.25, 0.3) is 0 Å². The molecule has 1 N–H and O–H groups in total. The van der Waals surface area contributed by atoms with E-state index >= 15 is 0 Å². The molecule has 0 radical (unpaired) electrons. The SMILES string of the molecule is Cc1ccc(C)c(CC(=O)Nc2ccccc2I)c1. The fourth-order valence-corrected chi connectivity index (χ4v) is 2.44. The average molecular weight is 365 g/mol. The summed E-state index contributed by atoms with van der Waals surface area (Å²) in [6, 6.07) is 14.0. The summed E-state index contributed by atoms with van der Waals surface area (Å²) >= 11 is 2.22. The third-order valence-corrected chi connectivity index (χ3v) is 3.94. The van der Waals surface area contributed by atoms with Crippen LogP contribution in [0.5, 0.6) is 0 Å². The number of halogens is 1. The van der Waals surface area contributed by atoms with Crippen LogP contribution in [0.1, 0.15) is 16.7 Å². The van der Waals surface area contributed by atoms with Gasteiger partial charge in [-0.1, -0.05) is 35.9 Å². The molecule has 0 fully saturated rings. The Hall–Kier alpha value is -1.36. The molecule has 0 atom stereocenters. The Labute approximate surface area is 127 Å². The molecule has 2 nitrogen and oxygen atoms in total. The molecule has 2 aromatic rings. The average Bonchev–Trinajstić information content (AvgIpc) is 2.37. The zero-order valence-corrected chi connectivity index (χ0v) is 13.2. The Balaban J connectivity index is 2.10. The molecule has 1 amide bonds. The molecule has 0 aliphatic carbocycles. The van der Waals surface area contributed by atoms with Crippen molar-refractivity contribution in [2.45, 2.75) is 20.3 Å². The van der Waals surface area contributed by atoms with E-state index in [2.05, 4.69) is 46.1 Å². The molecule has 0 bridgehead atoms. The molecule has 0 spiro atoms. The Morgan fingerprint density at radius 1 is 1.16 bits per heavy atom. The molecule has 2 aromatic carbocycles. The molecule has 0 aliphatic heterocycles. The fourth-order valence-electron chi connectivity index (χ4n) is 1.92. The summed E-state index contributed by atoms with van der Waals surface area (Å²) in [7, 11) is 0. The molecule has 98 valence electrons. The number of anilines is 1. The quantitative estimate of drug-likeness (QED) is 0.816. The van der Waals surface area contributed by atoms with Gasteiger partial charge in [0.05, 0.1) is 12.1 Å². The number of rotatable bonds is 3. The number of hydrogen-bond donors (Lipinski definition) is 1. The van der Waals surface area contributed by atoms with E-state index < -0.39 is 0 Å². The van der Waals surface area contributed by atoms with Crippen molar-refractivity contribution in [2.75, 3.05) is 5.32 Å². The molecule has 19 heavy (non-hydrogen) atoms. The predicted octanol–water partition coefficient (Wildman–Crippen LogP) is 4.09. The van der Waals surface area contributed by atoms with E-state index in [0.717, 1.165) is 20.4 Å². The highest BCUT2D eigenvalue weighted by Gasteiger charge is 2.08. The van der Waals surface area contributed by atoms with E-state index in [1.54, 1.807) is 0 Å². The molecule has 0 saturated heterocycles. The first-order valence-corrected chi connectivity index (χ1v) is 7.24. The number of nitrogens with one attached hydrogen (secondary N) is 1. The first-order valence-electron chi connectivity index (χ1n) is 6.17. The lowest BCUT2D eigenvalue weighted by atomic mass is 10.0. The van der Waals surface area contributed by atoms with Gasteiger partial charge in [0.15, 0.2) is 0 Å². The molecule has 0 heterocycles. The van der Waals surface area contributed by atoms with Crippen molar-refractivity contribution in [1.82, 2.24) is 0 Å². The maximum absolute atomic E-state index is 12.1. The molecule has 0 saturated carbocycles. The van der Waals surface area contributed by atoms with Gasteiger partial charge in [-0.2, -0.15) is 0 Å². The zero-order chi connectivity index (χ0) is 13.8. The van der Waals surface area contributed by atoms with E-state index in [4.69, 9.17) is 0 Å². The Morgan fingerprint density at radius 3 is 2.63 bits per heavy atom. The van der Waals surface area contributed by atoms with Crippen molar-refractivity contribution >= 4 is 34.2 Å². The van der Waals surface area contributed by atoms with Crippen molar-refractivity contribution < 1.29 is 4.79 Å². The number of amides is 1. The first-order chi connectivity index (χ1) is 9.06. The van der Waals surface area contributed by atoms with Crippen LogP contribution in [-0.4, -0.2) is 5.91 Å². The van der Waals surface area contributed by atoms with Gasteiger partial charge in [0.25, 0.3) is 0 Å². The van der Waals surface area contributed by atoms with Crippen LogP contribution in [0.15, 0.2) is 42.5 Å². The summed E-state index contributed by atoms with van der Waals surface area (Å²) in [6.45, 7) is 4.08. The zero-order valence-electron chi connectivity index (χ0n) is 11.0. The van der Waals surface area contributed by atoms with Gasteiger partial charge in [0, 0.05) is 3.57 Å². The molecule has 0 aliphatic rings. The highest BCUT2D eigenvalue weighted by molar-refractivity contribution is 14.1. The van der Waals surface area contributed by atoms with Crippen molar-refractivity contribution in [3.05, 3.63) is 62.7 Å². The van der Waals surface area contributed by atoms with Gasteiger partial charge in [-0.25, -0.2) is 0 Å². The maximum Gasteiger partial charge on any atom is 0.228 e. The number of benzene rings is 2. The molecule has 0 aromatic heterocycles. The van der Waals surface area contributed by atoms with Crippen molar-refractivity contribution in [3.8, 4) is 0 Å². The summed E-state index contributed by atoms with van der Waals surface area (Å²) in [5, 5.41) is 2.96. The van der Waals surface area contributed by atoms with Gasteiger partial charge in [-0.05, 0) is 59.7 Å². The van der Waals surface area contributed by atoms with E-state index in [9.17, 15) is 4.79 Å². The normalized spacial score (nSPS) is 10.3. The number of carbonyl (C=O) groups is 1. The summed E-state index contributed by atoms with van der Waals surface area (Å²) in [5.74, 6) is 0.0258. The molecular formula is C16H16INO. The van der Waals surface area contributed by atoms with Gasteiger partial charge >= 0.3 is 0 Å². The van der Waals surface area contributed by atoms with Crippen molar-refractivity contribution in [1.29, 1.82) is 0 Å². The van der Waals surface area contributed by atoms with Crippen molar-refractivity contribution in [3.63, 3.8) is 0 Å². The number of carbonyl (C=O) groups excluding carboxylic acids is 1. The topological polar surface area (TPSA) is 29.1 Å². The third kappa shape index (κ3) is 3.80. The van der Waals surface area contributed by atoms with Gasteiger partial charge in [0.2, 0.25) is 5.91 Å². The van der Waals surface area contributed by atoms with Crippen LogP contribution in [0.3, 0.4) is 0 Å². The molecule has 0 unspecified atom stereocenters. The number of aryl methyl sites for hydroxylation is 2. The summed E-state index contributed by atoms with van der Waals surface area (Å²) < 4.78 is 1.05. The smallest absolute Gasteiger partial charge is 0.228 e. The van der Waals surface area contributed by atoms with Gasteiger partial charge in [0.1, 0.15) is 0 Å². The van der Waals surface area contributed by atoms with E-state index in [1.165, 1.54) is 5.56 Å². The highest BCUT2D eigenvalue weighted by Crippen LogP contribution is 2.18. The highest BCUT2D eigenvalue weighted by atomic mass is 127. The van der Waals surface area contributed by atoms with Gasteiger partial charge in [-0.15, -0.1) is 0 Å². The fraction of sp³-hybridized carbons (Fsp3) is 0.188. The second kappa shape index (κ2) is 6.19. The second-order valence-electron chi connectivity index (χ2n) is 4.63. The van der Waals surface area contributed by atoms with Gasteiger partial charge < -0.3 is 5.32 Å². The molecule has 2 rings (SSSR count). The van der Waals surface area contributed by atoms with E-state index in [1.807, 2.05) is 38.1 Å². The minimum atomic E-state index is 0.0258. The standard InChI is InChI=1S/C16H16INO/c1-11-7-8-12(2)13(9-11)10-16(19)18-15-6-4-3-5-14(15)17/h3-9H,10H2,1-2H3,(H,18,19). The Morgan fingerprint density at radius 2 is 1.89 bits per heavy atom. The third-order valence-electron chi connectivity index (χ3n) is 3.00. The minimum absolute atomic E-state index is 0.0258. The lowest BCUT2D eigenvalue weighted by molar-refractivity contribution is -0.115. The monoisotopic (exact) mass is 365 g/mol. The van der Waals surface area contributed by atoms with Gasteiger partial charge in [-0.3, -0.25) is 4.79 Å². The maximum atomic E-state index is 12.1. The van der Waals surface area contributed by atoms with E-state index in [0.29, 0.717) is 6.42 Å². The van der Waals surface area contributed by atoms with E-state index in [-0.39, 0.29) is 5.91 Å². The predicted molar refractivity (Wildman–Crippen MR) is 87.4 cm³/mol. The largest absolute Gasteiger partial charge is 0.325 e. The lowest BCUT2D eigenvalue weighted by Crippen LogP contribution is -2.15. The Kier molecular flexibility index (Phi) is 4.58. The summed E-state index contributed by atoms with van der Waals surface area (Å²) in [5.41, 5.74) is 4.30. The van der Waals surface area contributed by atoms with Crippen LogP contribution in [-0.2, 0) is 11.2 Å². The summed E-state index contributed by atoms with van der Waals surface area (Å²) in [4.78, 5) is 12.1. The molecule has 3 heteroatoms. The van der Waals surface area contributed by atoms with Crippen LogP contribution in [0.2, 0.25) is 0 Å². The first kappa shape index (κ1) is 14.1. The van der Waals surface area contributed by atoms with Crippen LogP contribution in [0.4, 0.5) is 5.69 Å². The Bertz CT molecular complexity index is 607. The minimum Gasteiger partial charge on any atom is -0.325 e.